The smallest absolute Gasteiger partial charge is 0.337 e. The van der Waals surface area contributed by atoms with Crippen LogP contribution in [-0.2, 0) is 12.7 Å². The van der Waals surface area contributed by atoms with Gasteiger partial charge in [0.25, 0.3) is 5.91 Å². The molecule has 28 heavy (non-hydrogen) atoms. The van der Waals surface area contributed by atoms with Crippen molar-refractivity contribution in [2.75, 3.05) is 12.4 Å². The molecule has 1 aromatic heterocycles. The van der Waals surface area contributed by atoms with E-state index in [-0.39, 0.29) is 5.56 Å². The molecule has 12 heteroatoms. The van der Waals surface area contributed by atoms with Crippen LogP contribution in [0.3, 0.4) is 0 Å². The third-order valence-corrected chi connectivity index (χ3v) is 4.65. The zero-order valence-corrected chi connectivity index (χ0v) is 14.9. The number of benzene rings is 1. The summed E-state index contributed by atoms with van der Waals surface area (Å²) in [5.74, 6) is -3.61. The van der Waals surface area contributed by atoms with Crippen LogP contribution in [0, 0.1) is 11.6 Å². The Morgan fingerprint density at radius 3 is 2.50 bits per heavy atom. The average molecular weight is 422 g/mol. The Hall–Kier alpha value is -2.50. The van der Waals surface area contributed by atoms with Gasteiger partial charge in [-0.25, -0.2) is 13.8 Å². The molecule has 0 bridgehead atoms. The molecule has 0 saturated carbocycles. The lowest BCUT2D eigenvalue weighted by molar-refractivity contribution is -0.141. The number of nitrogens with zero attached hydrogens (tertiary/aromatic N) is 2. The van der Waals surface area contributed by atoms with E-state index in [0.29, 0.717) is 6.07 Å². The summed E-state index contributed by atoms with van der Waals surface area (Å²) in [4.78, 5) is 17.2. The molecule has 2 aromatic rings. The predicted molar refractivity (Wildman–Crippen MR) is 91.2 cm³/mol. The molecule has 1 aromatic carbocycles. The molecule has 1 unspecified atom stereocenters. The number of carbonyl (C=O) groups is 1. The molecule has 1 aliphatic heterocycles. The van der Waals surface area contributed by atoms with Gasteiger partial charge in [-0.1, -0.05) is 11.6 Å². The highest BCUT2D eigenvalue weighted by Crippen LogP contribution is 2.44. The van der Waals surface area contributed by atoms with Crippen LogP contribution in [0.4, 0.5) is 27.8 Å². The normalized spacial score (nSPS) is 16.8. The number of rotatable bonds is 2. The van der Waals surface area contributed by atoms with E-state index in [4.69, 9.17) is 23.1 Å². The van der Waals surface area contributed by atoms with Crippen molar-refractivity contribution in [1.82, 2.24) is 9.88 Å². The minimum Gasteiger partial charge on any atom is -0.337 e. The molecule has 5 N–H and O–H groups in total. The number of carbonyl (C=O) groups excluding carboxylic acids is 1. The van der Waals surface area contributed by atoms with Crippen molar-refractivity contribution < 1.29 is 26.7 Å². The van der Waals surface area contributed by atoms with Gasteiger partial charge < -0.3 is 16.0 Å². The molecule has 0 radical (unpaired) electrons. The molecule has 0 saturated heterocycles. The summed E-state index contributed by atoms with van der Waals surface area (Å²) in [6, 6.07) is 1.19. The summed E-state index contributed by atoms with van der Waals surface area (Å²) in [5, 5.41) is 1.80. The average Bonchev–Trinajstić information content (AvgIpc) is 2.60. The summed E-state index contributed by atoms with van der Waals surface area (Å²) in [5.41, 5.74) is 7.87. The fourth-order valence-corrected chi connectivity index (χ4v) is 3.15. The Morgan fingerprint density at radius 1 is 1.29 bits per heavy atom. The number of pyridine rings is 1. The van der Waals surface area contributed by atoms with E-state index in [1.165, 1.54) is 7.05 Å². The molecular weight excluding hydrogens is 409 g/mol. The van der Waals surface area contributed by atoms with Crippen molar-refractivity contribution in [3.05, 3.63) is 45.6 Å². The van der Waals surface area contributed by atoms with E-state index in [9.17, 15) is 26.7 Å². The topological polar surface area (TPSA) is 97.3 Å². The van der Waals surface area contributed by atoms with Crippen LogP contribution in [-0.4, -0.2) is 29.1 Å². The van der Waals surface area contributed by atoms with Gasteiger partial charge in [0, 0.05) is 36.3 Å². The molecule has 150 valence electrons. The van der Waals surface area contributed by atoms with E-state index in [1.54, 1.807) is 0 Å². The predicted octanol–water partition coefficient (Wildman–Crippen LogP) is 2.90. The van der Waals surface area contributed by atoms with Gasteiger partial charge in [0.2, 0.25) is 0 Å². The number of nitrogens with one attached hydrogen (secondary N) is 1. The van der Waals surface area contributed by atoms with Gasteiger partial charge in [-0.15, -0.1) is 0 Å². The highest BCUT2D eigenvalue weighted by molar-refractivity contribution is 6.34. The third kappa shape index (κ3) is 3.15. The van der Waals surface area contributed by atoms with Crippen LogP contribution in [0.2, 0.25) is 5.02 Å². The summed E-state index contributed by atoms with van der Waals surface area (Å²) in [6.45, 7) is -0.720. The maximum absolute atomic E-state index is 14.0. The van der Waals surface area contributed by atoms with Gasteiger partial charge in [0.15, 0.2) is 12.0 Å². The monoisotopic (exact) mass is 421 g/mol. The van der Waals surface area contributed by atoms with Crippen LogP contribution >= 0.6 is 11.6 Å². The highest BCUT2D eigenvalue weighted by atomic mass is 35.5. The van der Waals surface area contributed by atoms with Crippen LogP contribution in [0.1, 0.15) is 21.6 Å². The van der Waals surface area contributed by atoms with Crippen molar-refractivity contribution >= 4 is 23.3 Å². The van der Waals surface area contributed by atoms with Crippen molar-refractivity contribution in [3.8, 4) is 11.1 Å². The summed E-state index contributed by atoms with van der Waals surface area (Å²) in [7, 11) is 1.29. The van der Waals surface area contributed by atoms with Gasteiger partial charge in [0.05, 0.1) is 10.6 Å². The quantitative estimate of drug-likeness (QED) is 0.512. The van der Waals surface area contributed by atoms with E-state index >= 15 is 0 Å². The largest absolute Gasteiger partial charge is 0.433 e. The van der Waals surface area contributed by atoms with E-state index < -0.39 is 69.8 Å². The highest BCUT2D eigenvalue weighted by Gasteiger charge is 2.41. The first-order valence-electron chi connectivity index (χ1n) is 7.75. The minimum atomic E-state index is -4.96. The SMILES string of the molecule is CN1C(=O)c2c(nc(C(F)(F)F)c(CN)c2-c2cc(F)cc(F)c2Cl)NC1N. The maximum Gasteiger partial charge on any atom is 0.433 e. The zero-order chi connectivity index (χ0) is 21.0. The first kappa shape index (κ1) is 20.2. The molecule has 0 fully saturated rings. The zero-order valence-electron chi connectivity index (χ0n) is 14.2. The Morgan fingerprint density at radius 2 is 1.93 bits per heavy atom. The third-order valence-electron chi connectivity index (χ3n) is 4.27. The Kier molecular flexibility index (Phi) is 4.94. The number of halogens is 6. The first-order chi connectivity index (χ1) is 13.0. The molecule has 1 aliphatic rings. The molecule has 2 heterocycles. The summed E-state index contributed by atoms with van der Waals surface area (Å²) >= 11 is 5.90. The van der Waals surface area contributed by atoms with Crippen molar-refractivity contribution in [2.45, 2.75) is 19.0 Å². The van der Waals surface area contributed by atoms with Crippen molar-refractivity contribution in [2.24, 2.45) is 11.5 Å². The standard InChI is InChI=1S/C16H13ClF5N5O/c1-27-14(28)10-9(6-2-5(18)3-8(19)11(6)17)7(4-23)12(16(20,21)22)25-13(10)26-15(27)24/h2-3,15H,4,23-24H2,1H3,(H,25,26). The second-order valence-electron chi connectivity index (χ2n) is 5.99. The number of hydrogen-bond donors (Lipinski definition) is 3. The first-order valence-corrected chi connectivity index (χ1v) is 8.13. The van der Waals surface area contributed by atoms with Crippen LogP contribution in [0.15, 0.2) is 12.1 Å². The molecule has 0 spiro atoms. The van der Waals surface area contributed by atoms with Gasteiger partial charge in [-0.05, 0) is 6.07 Å². The molecule has 0 aliphatic carbocycles. The van der Waals surface area contributed by atoms with E-state index in [1.807, 2.05) is 0 Å². The van der Waals surface area contributed by atoms with E-state index in [2.05, 4.69) is 10.3 Å². The lowest BCUT2D eigenvalue weighted by Gasteiger charge is -2.34. The molecule has 1 amide bonds. The number of fused-ring (bicyclic) bond motifs is 1. The van der Waals surface area contributed by atoms with Crippen LogP contribution < -0.4 is 16.8 Å². The van der Waals surface area contributed by atoms with Gasteiger partial charge >= 0.3 is 6.18 Å². The second-order valence-corrected chi connectivity index (χ2v) is 6.37. The van der Waals surface area contributed by atoms with Crippen molar-refractivity contribution in [3.63, 3.8) is 0 Å². The molecule has 3 rings (SSSR count). The number of hydrogen-bond acceptors (Lipinski definition) is 5. The van der Waals surface area contributed by atoms with Crippen LogP contribution in [0.25, 0.3) is 11.1 Å². The summed E-state index contributed by atoms with van der Waals surface area (Å²) < 4.78 is 68.6. The molecule has 6 nitrogen and oxygen atoms in total. The Balaban J connectivity index is 2.51. The Bertz CT molecular complexity index is 981. The van der Waals surface area contributed by atoms with Crippen molar-refractivity contribution in [1.29, 1.82) is 0 Å². The fourth-order valence-electron chi connectivity index (χ4n) is 2.94. The molecule has 1 atom stereocenters. The second kappa shape index (κ2) is 6.83. The number of nitrogens with two attached hydrogens (primary N) is 2. The lowest BCUT2D eigenvalue weighted by atomic mass is 9.91. The lowest BCUT2D eigenvalue weighted by Crippen LogP contribution is -2.52. The minimum absolute atomic E-state index is 0.371. The number of anilines is 1. The number of aromatic nitrogens is 1. The van der Waals surface area contributed by atoms with Gasteiger partial charge in [0.1, 0.15) is 17.5 Å². The fraction of sp³-hybridized carbons (Fsp3) is 0.250. The summed E-state index contributed by atoms with van der Waals surface area (Å²) in [6.07, 6.45) is -6.13. The van der Waals surface area contributed by atoms with Gasteiger partial charge in [-0.2, -0.15) is 13.2 Å². The number of amides is 1. The molecular formula is C16H13ClF5N5O. The van der Waals surface area contributed by atoms with E-state index in [0.717, 1.165) is 11.0 Å². The Labute approximate surface area is 160 Å². The number of alkyl halides is 3. The van der Waals surface area contributed by atoms with Gasteiger partial charge in [-0.3, -0.25) is 10.5 Å². The maximum atomic E-state index is 14.0. The van der Waals surface area contributed by atoms with Crippen LogP contribution in [0.5, 0.6) is 0 Å².